The van der Waals surface area contributed by atoms with Crippen LogP contribution in [0.1, 0.15) is 33.1 Å². The summed E-state index contributed by atoms with van der Waals surface area (Å²) in [6.45, 7) is 4.76. The number of anilines is 1. The summed E-state index contributed by atoms with van der Waals surface area (Å²) in [7, 11) is 0. The highest BCUT2D eigenvalue weighted by molar-refractivity contribution is 9.10. The van der Waals surface area contributed by atoms with Crippen LogP contribution >= 0.6 is 15.9 Å². The second-order valence-corrected chi connectivity index (χ2v) is 7.14. The molecule has 1 nitrogen and oxygen atoms in total. The van der Waals surface area contributed by atoms with E-state index in [-0.39, 0.29) is 0 Å². The average Bonchev–Trinajstić information content (AvgIpc) is 2.45. The lowest BCUT2D eigenvalue weighted by Crippen LogP contribution is -2.33. The Labute approximate surface area is 129 Å². The zero-order valence-corrected chi connectivity index (χ0v) is 13.8. The Hall–Kier alpha value is -1.02. The molecule has 0 radical (unpaired) electrons. The van der Waals surface area contributed by atoms with Crippen molar-refractivity contribution in [2.45, 2.75) is 39.2 Å². The predicted octanol–water partition coefficient (Wildman–Crippen LogP) is 5.84. The van der Waals surface area contributed by atoms with Crippen LogP contribution in [-0.4, -0.2) is 6.04 Å². The Balaban J connectivity index is 1.90. The van der Waals surface area contributed by atoms with E-state index in [1.807, 2.05) is 0 Å². The molecule has 1 saturated carbocycles. The lowest BCUT2D eigenvalue weighted by Gasteiger charge is -2.34. The van der Waals surface area contributed by atoms with E-state index in [2.05, 4.69) is 71.5 Å². The van der Waals surface area contributed by atoms with Crippen LogP contribution in [-0.2, 0) is 0 Å². The molecule has 2 heteroatoms. The summed E-state index contributed by atoms with van der Waals surface area (Å²) in [5, 5.41) is 6.40. The largest absolute Gasteiger partial charge is 0.382 e. The Bertz CT molecular complexity index is 607. The molecular formula is C18H22BrN. The van der Waals surface area contributed by atoms with Crippen LogP contribution in [0.4, 0.5) is 5.69 Å². The van der Waals surface area contributed by atoms with E-state index < -0.39 is 0 Å². The minimum Gasteiger partial charge on any atom is -0.382 e. The summed E-state index contributed by atoms with van der Waals surface area (Å²) < 4.78 is 1.17. The first kappa shape index (κ1) is 13.9. The van der Waals surface area contributed by atoms with Crippen molar-refractivity contribution >= 4 is 32.4 Å². The molecule has 1 N–H and O–H groups in total. The molecule has 0 amide bonds. The monoisotopic (exact) mass is 331 g/mol. The second kappa shape index (κ2) is 5.77. The molecule has 106 valence electrons. The molecule has 1 aliphatic carbocycles. The zero-order valence-electron chi connectivity index (χ0n) is 12.2. The molecule has 1 fully saturated rings. The van der Waals surface area contributed by atoms with Gasteiger partial charge in [0.2, 0.25) is 0 Å². The maximum Gasteiger partial charge on any atom is 0.0422 e. The standard InChI is InChI=1S/C18H22BrN/c1-12-7-9-17(13(2)11-12)20-18-10-8-16(19)14-5-3-4-6-15(14)18/h3-6,8,10,12-13,17,20H,7,9,11H2,1-2H3. The van der Waals surface area contributed by atoms with Crippen LogP contribution in [0, 0.1) is 11.8 Å². The Morgan fingerprint density at radius 3 is 2.50 bits per heavy atom. The summed E-state index contributed by atoms with van der Waals surface area (Å²) in [6, 6.07) is 13.6. The molecule has 2 aromatic rings. The highest BCUT2D eigenvalue weighted by atomic mass is 79.9. The van der Waals surface area contributed by atoms with Crippen molar-refractivity contribution in [2.24, 2.45) is 11.8 Å². The first-order chi connectivity index (χ1) is 9.65. The fraction of sp³-hybridized carbons (Fsp3) is 0.444. The van der Waals surface area contributed by atoms with Gasteiger partial charge in [-0.15, -0.1) is 0 Å². The maximum atomic E-state index is 3.80. The van der Waals surface area contributed by atoms with E-state index in [9.17, 15) is 0 Å². The Morgan fingerprint density at radius 2 is 1.75 bits per heavy atom. The van der Waals surface area contributed by atoms with Gasteiger partial charge in [0, 0.05) is 21.6 Å². The molecule has 2 aromatic carbocycles. The smallest absolute Gasteiger partial charge is 0.0422 e. The van der Waals surface area contributed by atoms with Gasteiger partial charge in [-0.25, -0.2) is 0 Å². The van der Waals surface area contributed by atoms with Crippen molar-refractivity contribution in [1.82, 2.24) is 0 Å². The number of nitrogens with one attached hydrogen (secondary N) is 1. The molecule has 0 bridgehead atoms. The van der Waals surface area contributed by atoms with Crippen LogP contribution in [0.3, 0.4) is 0 Å². The Morgan fingerprint density at radius 1 is 1.00 bits per heavy atom. The van der Waals surface area contributed by atoms with Crippen LogP contribution in [0.5, 0.6) is 0 Å². The van der Waals surface area contributed by atoms with Gasteiger partial charge >= 0.3 is 0 Å². The number of hydrogen-bond acceptors (Lipinski definition) is 1. The molecule has 1 aliphatic rings. The lowest BCUT2D eigenvalue weighted by molar-refractivity contribution is 0.276. The topological polar surface area (TPSA) is 12.0 Å². The average molecular weight is 332 g/mol. The molecule has 0 aromatic heterocycles. The SMILES string of the molecule is CC1CCC(Nc2ccc(Br)c3ccccc23)C(C)C1. The van der Waals surface area contributed by atoms with E-state index in [1.165, 1.54) is 40.2 Å². The first-order valence-corrected chi connectivity index (χ1v) is 8.38. The summed E-state index contributed by atoms with van der Waals surface area (Å²) >= 11 is 3.65. The molecule has 3 atom stereocenters. The summed E-state index contributed by atoms with van der Waals surface area (Å²) in [4.78, 5) is 0. The highest BCUT2D eigenvalue weighted by Gasteiger charge is 2.25. The molecule has 0 heterocycles. The number of halogens is 1. The molecule has 0 saturated heterocycles. The van der Waals surface area contributed by atoms with Gasteiger partial charge in [0.25, 0.3) is 0 Å². The summed E-state index contributed by atoms with van der Waals surface area (Å²) in [5.74, 6) is 1.63. The fourth-order valence-electron chi connectivity index (χ4n) is 3.47. The molecule has 3 unspecified atom stereocenters. The first-order valence-electron chi connectivity index (χ1n) is 7.59. The quantitative estimate of drug-likeness (QED) is 0.728. The normalized spacial score (nSPS) is 26.6. The summed E-state index contributed by atoms with van der Waals surface area (Å²) in [6.07, 6.45) is 3.97. The number of fused-ring (bicyclic) bond motifs is 1. The lowest BCUT2D eigenvalue weighted by atomic mass is 9.80. The van der Waals surface area contributed by atoms with Crippen LogP contribution < -0.4 is 5.32 Å². The van der Waals surface area contributed by atoms with Crippen molar-refractivity contribution in [2.75, 3.05) is 5.32 Å². The second-order valence-electron chi connectivity index (χ2n) is 6.29. The van der Waals surface area contributed by atoms with Crippen LogP contribution in [0.15, 0.2) is 40.9 Å². The number of rotatable bonds is 2. The molecule has 0 spiro atoms. The van der Waals surface area contributed by atoms with Gasteiger partial charge in [0.05, 0.1) is 0 Å². The van der Waals surface area contributed by atoms with Gasteiger partial charge in [-0.1, -0.05) is 54.0 Å². The Kier molecular flexibility index (Phi) is 4.02. The van der Waals surface area contributed by atoms with Crippen molar-refractivity contribution in [3.63, 3.8) is 0 Å². The van der Waals surface area contributed by atoms with Crippen molar-refractivity contribution in [3.8, 4) is 0 Å². The minimum atomic E-state index is 0.607. The third kappa shape index (κ3) is 2.71. The van der Waals surface area contributed by atoms with Gasteiger partial charge in [0.1, 0.15) is 0 Å². The highest BCUT2D eigenvalue weighted by Crippen LogP contribution is 2.34. The maximum absolute atomic E-state index is 3.80. The van der Waals surface area contributed by atoms with Crippen molar-refractivity contribution in [3.05, 3.63) is 40.9 Å². The minimum absolute atomic E-state index is 0.607. The van der Waals surface area contributed by atoms with Crippen LogP contribution in [0.2, 0.25) is 0 Å². The van der Waals surface area contributed by atoms with Crippen LogP contribution in [0.25, 0.3) is 10.8 Å². The van der Waals surface area contributed by atoms with E-state index >= 15 is 0 Å². The van der Waals surface area contributed by atoms with Gasteiger partial charge in [-0.05, 0) is 48.6 Å². The number of hydrogen-bond donors (Lipinski definition) is 1. The fourth-order valence-corrected chi connectivity index (χ4v) is 3.95. The third-order valence-electron chi connectivity index (χ3n) is 4.64. The third-order valence-corrected chi connectivity index (χ3v) is 5.33. The van der Waals surface area contributed by atoms with Gasteiger partial charge in [-0.2, -0.15) is 0 Å². The molecular weight excluding hydrogens is 310 g/mol. The molecule has 0 aliphatic heterocycles. The van der Waals surface area contributed by atoms with Crippen molar-refractivity contribution < 1.29 is 0 Å². The number of benzene rings is 2. The van der Waals surface area contributed by atoms with Gasteiger partial charge < -0.3 is 5.32 Å². The predicted molar refractivity (Wildman–Crippen MR) is 91.2 cm³/mol. The zero-order chi connectivity index (χ0) is 14.1. The van der Waals surface area contributed by atoms with E-state index in [1.54, 1.807) is 0 Å². The molecule has 3 rings (SSSR count). The molecule has 20 heavy (non-hydrogen) atoms. The van der Waals surface area contributed by atoms with Crippen molar-refractivity contribution in [1.29, 1.82) is 0 Å². The van der Waals surface area contributed by atoms with Gasteiger partial charge in [-0.3, -0.25) is 0 Å². The van der Waals surface area contributed by atoms with E-state index in [0.29, 0.717) is 6.04 Å². The van der Waals surface area contributed by atoms with E-state index in [0.717, 1.165) is 11.8 Å². The van der Waals surface area contributed by atoms with E-state index in [4.69, 9.17) is 0 Å². The van der Waals surface area contributed by atoms with Gasteiger partial charge in [0.15, 0.2) is 0 Å². The summed E-state index contributed by atoms with van der Waals surface area (Å²) in [5.41, 5.74) is 1.27.